The van der Waals surface area contributed by atoms with Gasteiger partial charge in [-0.2, -0.15) is 0 Å². The molecule has 3 N–H and O–H groups in total. The number of rotatable bonds is 8. The number of nitrogens with one attached hydrogen (secondary N) is 1. The van der Waals surface area contributed by atoms with Gasteiger partial charge in [0.25, 0.3) is 5.91 Å². The molecule has 0 saturated heterocycles. The highest BCUT2D eigenvalue weighted by Crippen LogP contribution is 2.21. The van der Waals surface area contributed by atoms with Crippen LogP contribution in [0.5, 0.6) is 5.75 Å². The predicted molar refractivity (Wildman–Crippen MR) is 81.9 cm³/mol. The second kappa shape index (κ2) is 8.59. The molecule has 1 aromatic carbocycles. The average Bonchev–Trinajstić information content (AvgIpc) is 2.42. The summed E-state index contributed by atoms with van der Waals surface area (Å²) in [5.41, 5.74) is 7.74. The normalized spacial score (nSPS) is 12.0. The van der Waals surface area contributed by atoms with Crippen LogP contribution in [0.25, 0.3) is 0 Å². The molecule has 0 saturated carbocycles. The Labute approximate surface area is 121 Å². The van der Waals surface area contributed by atoms with Crippen LogP contribution in [0.4, 0.5) is 0 Å². The van der Waals surface area contributed by atoms with Crippen molar-refractivity contribution in [1.29, 1.82) is 0 Å². The summed E-state index contributed by atoms with van der Waals surface area (Å²) in [6.07, 6.45) is 3.09. The summed E-state index contributed by atoms with van der Waals surface area (Å²) in [7, 11) is 0. The molecule has 1 unspecified atom stereocenters. The second-order valence-electron chi connectivity index (χ2n) is 5.15. The van der Waals surface area contributed by atoms with Crippen LogP contribution in [-0.4, -0.2) is 25.1 Å². The maximum atomic E-state index is 11.9. The molecule has 1 amide bonds. The molecule has 0 heterocycles. The zero-order valence-electron chi connectivity index (χ0n) is 12.7. The lowest BCUT2D eigenvalue weighted by Crippen LogP contribution is -2.42. The Morgan fingerprint density at radius 3 is 2.55 bits per heavy atom. The van der Waals surface area contributed by atoms with Gasteiger partial charge in [-0.15, -0.1) is 0 Å². The lowest BCUT2D eigenvalue weighted by molar-refractivity contribution is -0.123. The van der Waals surface area contributed by atoms with Gasteiger partial charge in [-0.1, -0.05) is 38.0 Å². The molecule has 4 heteroatoms. The lowest BCUT2D eigenvalue weighted by atomic mass is 10.1. The number of unbranched alkanes of at least 4 members (excludes halogenated alkanes) is 1. The largest absolute Gasteiger partial charge is 0.483 e. The first kappa shape index (κ1) is 16.5. The summed E-state index contributed by atoms with van der Waals surface area (Å²) >= 11 is 0. The number of carbonyl (C=O) groups excluding carboxylic acids is 1. The summed E-state index contributed by atoms with van der Waals surface area (Å²) in [5, 5.41) is 2.92. The van der Waals surface area contributed by atoms with E-state index in [4.69, 9.17) is 10.5 Å². The van der Waals surface area contributed by atoms with E-state index in [-0.39, 0.29) is 18.6 Å². The van der Waals surface area contributed by atoms with Crippen LogP contribution >= 0.6 is 0 Å². The number of hydrogen-bond donors (Lipinski definition) is 2. The number of carbonyl (C=O) groups is 1. The minimum absolute atomic E-state index is 0.0360. The maximum absolute atomic E-state index is 11.9. The van der Waals surface area contributed by atoms with Gasteiger partial charge in [-0.3, -0.25) is 4.79 Å². The highest BCUT2D eigenvalue weighted by Gasteiger charge is 2.12. The number of amides is 1. The smallest absolute Gasteiger partial charge is 0.258 e. The molecule has 0 aliphatic carbocycles. The summed E-state index contributed by atoms with van der Waals surface area (Å²) in [4.78, 5) is 11.9. The highest BCUT2D eigenvalue weighted by atomic mass is 16.5. The quantitative estimate of drug-likeness (QED) is 0.767. The molecule has 4 nitrogen and oxygen atoms in total. The molecule has 0 radical (unpaired) electrons. The van der Waals surface area contributed by atoms with Crippen molar-refractivity contribution in [2.45, 2.75) is 46.1 Å². The van der Waals surface area contributed by atoms with Gasteiger partial charge in [0, 0.05) is 12.6 Å². The van der Waals surface area contributed by atoms with Crippen LogP contribution in [0.1, 0.15) is 37.3 Å². The standard InChI is InChI=1S/C16H26N2O2/c1-4-5-9-14(10-17)18-15(19)11-20-16-12(2)7-6-8-13(16)3/h6-8,14H,4-5,9-11,17H2,1-3H3,(H,18,19). The van der Waals surface area contributed by atoms with E-state index in [9.17, 15) is 4.79 Å². The van der Waals surface area contributed by atoms with E-state index in [0.717, 1.165) is 36.1 Å². The van der Waals surface area contributed by atoms with Crippen LogP contribution in [0, 0.1) is 13.8 Å². The van der Waals surface area contributed by atoms with E-state index < -0.39 is 0 Å². The molecule has 0 aromatic heterocycles. The van der Waals surface area contributed by atoms with Gasteiger partial charge in [0.05, 0.1) is 0 Å². The van der Waals surface area contributed by atoms with Gasteiger partial charge in [-0.05, 0) is 31.4 Å². The van der Waals surface area contributed by atoms with E-state index in [1.165, 1.54) is 0 Å². The Morgan fingerprint density at radius 1 is 1.35 bits per heavy atom. The van der Waals surface area contributed by atoms with Crippen LogP contribution < -0.4 is 15.8 Å². The average molecular weight is 278 g/mol. The van der Waals surface area contributed by atoms with E-state index in [2.05, 4.69) is 12.2 Å². The van der Waals surface area contributed by atoms with Gasteiger partial charge in [0.2, 0.25) is 0 Å². The van der Waals surface area contributed by atoms with Gasteiger partial charge < -0.3 is 15.8 Å². The Kier molecular flexibility index (Phi) is 7.09. The van der Waals surface area contributed by atoms with Crippen molar-refractivity contribution in [2.75, 3.05) is 13.2 Å². The fraction of sp³-hybridized carbons (Fsp3) is 0.562. The fourth-order valence-electron chi connectivity index (χ4n) is 2.13. The maximum Gasteiger partial charge on any atom is 0.258 e. The molecule has 1 rings (SSSR count). The van der Waals surface area contributed by atoms with E-state index in [0.29, 0.717) is 6.54 Å². The molecule has 112 valence electrons. The number of ether oxygens (including phenoxy) is 1. The van der Waals surface area contributed by atoms with Crippen molar-refractivity contribution >= 4 is 5.91 Å². The second-order valence-corrected chi connectivity index (χ2v) is 5.15. The molecule has 1 atom stereocenters. The zero-order chi connectivity index (χ0) is 15.0. The highest BCUT2D eigenvalue weighted by molar-refractivity contribution is 5.78. The minimum atomic E-state index is -0.112. The third-order valence-electron chi connectivity index (χ3n) is 3.31. The van der Waals surface area contributed by atoms with Crippen molar-refractivity contribution in [2.24, 2.45) is 5.73 Å². The van der Waals surface area contributed by atoms with Crippen molar-refractivity contribution in [3.8, 4) is 5.75 Å². The molecule has 0 spiro atoms. The van der Waals surface area contributed by atoms with Gasteiger partial charge in [-0.25, -0.2) is 0 Å². The molecular weight excluding hydrogens is 252 g/mol. The SMILES string of the molecule is CCCCC(CN)NC(=O)COc1c(C)cccc1C. The molecular formula is C16H26N2O2. The zero-order valence-corrected chi connectivity index (χ0v) is 12.7. The van der Waals surface area contributed by atoms with E-state index >= 15 is 0 Å². The van der Waals surface area contributed by atoms with Crippen LogP contribution in [0.2, 0.25) is 0 Å². The van der Waals surface area contributed by atoms with Crippen LogP contribution in [0.3, 0.4) is 0 Å². The molecule has 0 aliphatic heterocycles. The summed E-state index contributed by atoms with van der Waals surface area (Å²) in [6.45, 7) is 6.58. The van der Waals surface area contributed by atoms with Crippen molar-refractivity contribution in [1.82, 2.24) is 5.32 Å². The Morgan fingerprint density at radius 2 is 2.00 bits per heavy atom. The van der Waals surface area contributed by atoms with Crippen LogP contribution in [0.15, 0.2) is 18.2 Å². The van der Waals surface area contributed by atoms with E-state index in [1.807, 2.05) is 32.0 Å². The third-order valence-corrected chi connectivity index (χ3v) is 3.31. The van der Waals surface area contributed by atoms with Crippen molar-refractivity contribution in [3.05, 3.63) is 29.3 Å². The predicted octanol–water partition coefficient (Wildman–Crippen LogP) is 2.32. The number of para-hydroxylation sites is 1. The van der Waals surface area contributed by atoms with Gasteiger partial charge in [0.15, 0.2) is 6.61 Å². The summed E-state index contributed by atoms with van der Waals surface area (Å²) < 4.78 is 5.63. The molecule has 20 heavy (non-hydrogen) atoms. The van der Waals surface area contributed by atoms with Gasteiger partial charge in [0.1, 0.15) is 5.75 Å². The van der Waals surface area contributed by atoms with Crippen molar-refractivity contribution < 1.29 is 9.53 Å². The fourth-order valence-corrected chi connectivity index (χ4v) is 2.13. The number of aryl methyl sites for hydroxylation is 2. The number of benzene rings is 1. The molecule has 0 aliphatic rings. The molecule has 0 bridgehead atoms. The minimum Gasteiger partial charge on any atom is -0.483 e. The van der Waals surface area contributed by atoms with E-state index in [1.54, 1.807) is 0 Å². The lowest BCUT2D eigenvalue weighted by Gasteiger charge is -2.17. The summed E-state index contributed by atoms with van der Waals surface area (Å²) in [6, 6.07) is 5.98. The Hall–Kier alpha value is -1.55. The Balaban J connectivity index is 2.46. The van der Waals surface area contributed by atoms with Crippen molar-refractivity contribution in [3.63, 3.8) is 0 Å². The first-order valence-corrected chi connectivity index (χ1v) is 7.27. The first-order valence-electron chi connectivity index (χ1n) is 7.27. The third kappa shape index (κ3) is 5.21. The topological polar surface area (TPSA) is 64.3 Å². The summed E-state index contributed by atoms with van der Waals surface area (Å²) in [5.74, 6) is 0.680. The molecule has 0 fully saturated rings. The van der Waals surface area contributed by atoms with Gasteiger partial charge >= 0.3 is 0 Å². The first-order chi connectivity index (χ1) is 9.58. The number of nitrogens with two attached hydrogens (primary N) is 1. The van der Waals surface area contributed by atoms with Crippen LogP contribution in [-0.2, 0) is 4.79 Å². The monoisotopic (exact) mass is 278 g/mol. The molecule has 1 aromatic rings. The Bertz CT molecular complexity index is 412. The number of hydrogen-bond acceptors (Lipinski definition) is 3.